The van der Waals surface area contributed by atoms with Crippen LogP contribution >= 0.6 is 0 Å². The van der Waals surface area contributed by atoms with Crippen LogP contribution < -0.4 is 16.0 Å². The van der Waals surface area contributed by atoms with Crippen molar-refractivity contribution >= 4 is 17.6 Å². The largest absolute Gasteiger partial charge is 0.346 e. The molecular weight excluding hydrogens is 308 g/mol. The molecule has 1 aliphatic heterocycles. The molecule has 1 atom stereocenters. The van der Waals surface area contributed by atoms with Crippen molar-refractivity contribution in [3.63, 3.8) is 0 Å². The van der Waals surface area contributed by atoms with Crippen LogP contribution in [0.3, 0.4) is 0 Å². The highest BCUT2D eigenvalue weighted by molar-refractivity contribution is 5.89. The molecule has 1 unspecified atom stereocenters. The molecule has 1 saturated carbocycles. The van der Waals surface area contributed by atoms with Gasteiger partial charge in [0, 0.05) is 24.9 Å². The maximum atomic E-state index is 13.0. The summed E-state index contributed by atoms with van der Waals surface area (Å²) < 4.78 is 26.1. The van der Waals surface area contributed by atoms with Crippen LogP contribution in [0.15, 0.2) is 12.4 Å². The van der Waals surface area contributed by atoms with Crippen LogP contribution in [0.2, 0.25) is 0 Å². The second kappa shape index (κ2) is 6.05. The molecule has 2 fully saturated rings. The minimum atomic E-state index is -3.32. The Morgan fingerprint density at radius 3 is 2.61 bits per heavy atom. The molecule has 1 saturated heterocycles. The number of alkyl halides is 2. The summed E-state index contributed by atoms with van der Waals surface area (Å²) in [5.41, 5.74) is 0.450. The first-order chi connectivity index (χ1) is 10.9. The molecule has 1 aliphatic carbocycles. The summed E-state index contributed by atoms with van der Waals surface area (Å²) in [6.45, 7) is 0.0780. The second-order valence-electron chi connectivity index (χ2n) is 5.85. The fraction of sp³-hybridized carbons (Fsp3) is 0.571. The fourth-order valence-electron chi connectivity index (χ4n) is 2.33. The molecule has 3 N–H and O–H groups in total. The zero-order chi connectivity index (χ0) is 16.4. The summed E-state index contributed by atoms with van der Waals surface area (Å²) in [5.74, 6) is -3.40. The molecule has 9 heteroatoms. The van der Waals surface area contributed by atoms with E-state index in [9.17, 15) is 18.4 Å². The van der Waals surface area contributed by atoms with E-state index in [-0.39, 0.29) is 13.0 Å². The monoisotopic (exact) mass is 325 g/mol. The van der Waals surface area contributed by atoms with Gasteiger partial charge in [-0.05, 0) is 19.3 Å². The van der Waals surface area contributed by atoms with Gasteiger partial charge in [-0.3, -0.25) is 4.79 Å². The van der Waals surface area contributed by atoms with Crippen molar-refractivity contribution in [3.8, 4) is 0 Å². The van der Waals surface area contributed by atoms with Crippen molar-refractivity contribution in [3.05, 3.63) is 18.2 Å². The first kappa shape index (κ1) is 15.6. The SMILES string of the molecule is O=C(NCC1CCC(F)(F)C(=O)N1)Nc1cnc(C2CC2)nc1. The van der Waals surface area contributed by atoms with E-state index in [2.05, 4.69) is 25.9 Å². The van der Waals surface area contributed by atoms with Crippen molar-refractivity contribution in [2.75, 3.05) is 11.9 Å². The Bertz CT molecular complexity index is 604. The van der Waals surface area contributed by atoms with Crippen molar-refractivity contribution in [1.82, 2.24) is 20.6 Å². The lowest BCUT2D eigenvalue weighted by Gasteiger charge is -2.28. The van der Waals surface area contributed by atoms with Gasteiger partial charge in [-0.15, -0.1) is 0 Å². The van der Waals surface area contributed by atoms with E-state index in [4.69, 9.17) is 0 Å². The number of rotatable bonds is 4. The fourth-order valence-corrected chi connectivity index (χ4v) is 2.33. The molecule has 0 bridgehead atoms. The normalized spacial score (nSPS) is 23.0. The third-order valence-corrected chi connectivity index (χ3v) is 3.86. The molecule has 3 amide bonds. The van der Waals surface area contributed by atoms with Gasteiger partial charge in [-0.2, -0.15) is 8.78 Å². The number of piperidine rings is 1. The lowest BCUT2D eigenvalue weighted by Crippen LogP contribution is -2.54. The van der Waals surface area contributed by atoms with Gasteiger partial charge in [-0.1, -0.05) is 0 Å². The highest BCUT2D eigenvalue weighted by Crippen LogP contribution is 2.37. The third kappa shape index (κ3) is 3.91. The predicted molar refractivity (Wildman–Crippen MR) is 77.1 cm³/mol. The smallest absolute Gasteiger partial charge is 0.324 e. The van der Waals surface area contributed by atoms with Crippen LogP contribution in [0, 0.1) is 0 Å². The number of carbonyl (C=O) groups is 2. The highest BCUT2D eigenvalue weighted by Gasteiger charge is 2.43. The topological polar surface area (TPSA) is 96.0 Å². The Kier molecular flexibility index (Phi) is 4.10. The van der Waals surface area contributed by atoms with E-state index in [0.717, 1.165) is 18.7 Å². The molecule has 23 heavy (non-hydrogen) atoms. The minimum Gasteiger partial charge on any atom is -0.346 e. The maximum absolute atomic E-state index is 13.0. The Balaban J connectivity index is 1.43. The predicted octanol–water partition coefficient (Wildman–Crippen LogP) is 1.39. The van der Waals surface area contributed by atoms with E-state index >= 15 is 0 Å². The summed E-state index contributed by atoms with van der Waals surface area (Å²) >= 11 is 0. The number of nitrogens with zero attached hydrogens (tertiary/aromatic N) is 2. The number of aromatic nitrogens is 2. The summed E-state index contributed by atoms with van der Waals surface area (Å²) in [6, 6.07) is -0.999. The van der Waals surface area contributed by atoms with E-state index in [1.165, 1.54) is 12.4 Å². The third-order valence-electron chi connectivity index (χ3n) is 3.86. The quantitative estimate of drug-likeness (QED) is 0.779. The van der Waals surface area contributed by atoms with Gasteiger partial charge in [0.25, 0.3) is 5.91 Å². The molecule has 1 aromatic heterocycles. The number of anilines is 1. The first-order valence-electron chi connectivity index (χ1n) is 7.49. The Morgan fingerprint density at radius 1 is 1.30 bits per heavy atom. The molecule has 0 radical (unpaired) electrons. The number of amides is 3. The van der Waals surface area contributed by atoms with Gasteiger partial charge in [-0.25, -0.2) is 14.8 Å². The lowest BCUT2D eigenvalue weighted by atomic mass is 10.0. The number of halogens is 2. The van der Waals surface area contributed by atoms with Crippen LogP contribution in [-0.2, 0) is 4.79 Å². The van der Waals surface area contributed by atoms with Crippen LogP contribution in [0.25, 0.3) is 0 Å². The first-order valence-corrected chi connectivity index (χ1v) is 7.49. The van der Waals surface area contributed by atoms with Crippen LogP contribution in [0.4, 0.5) is 19.3 Å². The van der Waals surface area contributed by atoms with E-state index < -0.39 is 30.3 Å². The molecule has 0 spiro atoms. The standard InChI is InChI=1S/C14H17F2N5O2/c15-14(16)4-3-9(20-12(14)22)5-19-13(23)21-10-6-17-11(18-7-10)8-1-2-8/h6-9H,1-5H2,(H,20,22)(H2,19,21,23). The molecule has 2 aliphatic rings. The van der Waals surface area contributed by atoms with Crippen molar-refractivity contribution in [2.24, 2.45) is 0 Å². The van der Waals surface area contributed by atoms with Gasteiger partial charge in [0.2, 0.25) is 0 Å². The summed E-state index contributed by atoms with van der Waals surface area (Å²) in [7, 11) is 0. The van der Waals surface area contributed by atoms with Crippen LogP contribution in [0.5, 0.6) is 0 Å². The van der Waals surface area contributed by atoms with Gasteiger partial charge in [0.15, 0.2) is 0 Å². The molecular formula is C14H17F2N5O2. The van der Waals surface area contributed by atoms with Gasteiger partial charge in [0.1, 0.15) is 5.82 Å². The highest BCUT2D eigenvalue weighted by atomic mass is 19.3. The summed E-state index contributed by atoms with van der Waals surface area (Å²) in [4.78, 5) is 31.3. The molecule has 3 rings (SSSR count). The van der Waals surface area contributed by atoms with Crippen molar-refractivity contribution < 1.29 is 18.4 Å². The van der Waals surface area contributed by atoms with E-state index in [1.54, 1.807) is 0 Å². The van der Waals surface area contributed by atoms with Gasteiger partial charge >= 0.3 is 12.0 Å². The number of hydrogen-bond donors (Lipinski definition) is 3. The number of hydrogen-bond acceptors (Lipinski definition) is 4. The molecule has 1 aromatic rings. The Labute approximate surface area is 131 Å². The van der Waals surface area contributed by atoms with Crippen LogP contribution in [0.1, 0.15) is 37.4 Å². The van der Waals surface area contributed by atoms with Gasteiger partial charge in [0.05, 0.1) is 18.1 Å². The minimum absolute atomic E-state index is 0.0780. The zero-order valence-electron chi connectivity index (χ0n) is 12.3. The van der Waals surface area contributed by atoms with Crippen molar-refractivity contribution in [1.29, 1.82) is 0 Å². The molecule has 0 aromatic carbocycles. The summed E-state index contributed by atoms with van der Waals surface area (Å²) in [6.07, 6.45) is 4.85. The molecule has 2 heterocycles. The zero-order valence-corrected chi connectivity index (χ0v) is 12.3. The Hall–Kier alpha value is -2.32. The number of urea groups is 1. The van der Waals surface area contributed by atoms with E-state index in [1.807, 2.05) is 0 Å². The average Bonchev–Trinajstić information content (AvgIpc) is 3.34. The van der Waals surface area contributed by atoms with Gasteiger partial charge < -0.3 is 16.0 Å². The van der Waals surface area contributed by atoms with Crippen LogP contribution in [-0.4, -0.2) is 40.4 Å². The maximum Gasteiger partial charge on any atom is 0.324 e. The number of carbonyl (C=O) groups excluding carboxylic acids is 2. The summed E-state index contributed by atoms with van der Waals surface area (Å²) in [5, 5.41) is 7.29. The second-order valence-corrected chi connectivity index (χ2v) is 5.85. The molecule has 7 nitrogen and oxygen atoms in total. The number of nitrogens with one attached hydrogen (secondary N) is 3. The lowest BCUT2D eigenvalue weighted by molar-refractivity contribution is -0.151. The molecule has 124 valence electrons. The Morgan fingerprint density at radius 2 is 2.00 bits per heavy atom. The average molecular weight is 325 g/mol. The van der Waals surface area contributed by atoms with E-state index in [0.29, 0.717) is 11.6 Å². The van der Waals surface area contributed by atoms with Crippen molar-refractivity contribution in [2.45, 2.75) is 43.6 Å².